The Hall–Kier alpha value is -2.25. The molecule has 2 heterocycles. The van der Waals surface area contributed by atoms with Crippen molar-refractivity contribution in [1.29, 1.82) is 0 Å². The average molecular weight is 417 g/mol. The van der Waals surface area contributed by atoms with Gasteiger partial charge in [0.1, 0.15) is 11.6 Å². The first-order chi connectivity index (χ1) is 13.6. The lowest BCUT2D eigenvalue weighted by Crippen LogP contribution is -2.28. The smallest absolute Gasteiger partial charge is 0.230 e. The van der Waals surface area contributed by atoms with Gasteiger partial charge in [-0.3, -0.25) is 9.36 Å². The Morgan fingerprint density at radius 3 is 2.79 bits per heavy atom. The van der Waals surface area contributed by atoms with Crippen molar-refractivity contribution in [1.82, 2.24) is 20.1 Å². The van der Waals surface area contributed by atoms with E-state index in [1.165, 1.54) is 11.8 Å². The van der Waals surface area contributed by atoms with E-state index in [9.17, 15) is 4.79 Å². The Morgan fingerprint density at radius 2 is 2.11 bits per heavy atom. The summed E-state index contributed by atoms with van der Waals surface area (Å²) >= 11 is 7.32. The van der Waals surface area contributed by atoms with Crippen LogP contribution in [0.15, 0.2) is 52.2 Å². The van der Waals surface area contributed by atoms with Crippen molar-refractivity contribution < 1.29 is 9.21 Å². The number of benzene rings is 1. The van der Waals surface area contributed by atoms with E-state index in [-0.39, 0.29) is 17.7 Å². The second kappa shape index (κ2) is 8.41. The summed E-state index contributed by atoms with van der Waals surface area (Å²) in [6.45, 7) is 2.54. The van der Waals surface area contributed by atoms with Crippen molar-refractivity contribution in [3.8, 4) is 0 Å². The van der Waals surface area contributed by atoms with E-state index in [2.05, 4.69) is 20.1 Å². The number of hydrogen-bond acceptors (Lipinski definition) is 5. The van der Waals surface area contributed by atoms with E-state index in [4.69, 9.17) is 16.0 Å². The molecule has 0 aliphatic heterocycles. The standard InChI is InChI=1S/C20H21ClN4O2S/c1-13(14-6-8-16(21)9-7-14)22-18(26)12-28-20-24-23-19(15-4-5-15)25(20)11-17-3-2-10-27-17/h2-3,6-10,13,15H,4-5,11-12H2,1H3,(H,22,26). The van der Waals surface area contributed by atoms with Gasteiger partial charge in [-0.15, -0.1) is 10.2 Å². The maximum absolute atomic E-state index is 12.4. The second-order valence-electron chi connectivity index (χ2n) is 6.91. The van der Waals surface area contributed by atoms with Crippen molar-refractivity contribution in [3.63, 3.8) is 0 Å². The molecule has 0 radical (unpaired) electrons. The predicted octanol–water partition coefficient (Wildman–Crippen LogP) is 4.42. The van der Waals surface area contributed by atoms with E-state index >= 15 is 0 Å². The van der Waals surface area contributed by atoms with Gasteiger partial charge < -0.3 is 9.73 Å². The monoisotopic (exact) mass is 416 g/mol. The van der Waals surface area contributed by atoms with Gasteiger partial charge in [0.15, 0.2) is 5.16 Å². The molecular weight excluding hydrogens is 396 g/mol. The minimum Gasteiger partial charge on any atom is -0.467 e. The maximum atomic E-state index is 12.4. The van der Waals surface area contributed by atoms with E-state index in [0.29, 0.717) is 17.5 Å². The predicted molar refractivity (Wildman–Crippen MR) is 109 cm³/mol. The number of carbonyl (C=O) groups excluding carboxylic acids is 1. The molecule has 1 N–H and O–H groups in total. The van der Waals surface area contributed by atoms with Crippen LogP contribution < -0.4 is 5.32 Å². The lowest BCUT2D eigenvalue weighted by molar-refractivity contribution is -0.119. The number of hydrogen-bond donors (Lipinski definition) is 1. The molecule has 28 heavy (non-hydrogen) atoms. The summed E-state index contributed by atoms with van der Waals surface area (Å²) < 4.78 is 7.54. The van der Waals surface area contributed by atoms with Gasteiger partial charge >= 0.3 is 0 Å². The van der Waals surface area contributed by atoms with Gasteiger partial charge in [0.25, 0.3) is 0 Å². The van der Waals surface area contributed by atoms with Crippen molar-refractivity contribution in [2.75, 3.05) is 5.75 Å². The molecule has 1 atom stereocenters. The summed E-state index contributed by atoms with van der Waals surface area (Å²) in [5.74, 6) is 2.53. The van der Waals surface area contributed by atoms with Crippen molar-refractivity contribution in [2.45, 2.75) is 43.4 Å². The largest absolute Gasteiger partial charge is 0.467 e. The van der Waals surface area contributed by atoms with Crippen LogP contribution in [0.25, 0.3) is 0 Å². The van der Waals surface area contributed by atoms with Gasteiger partial charge in [0.2, 0.25) is 5.91 Å². The molecule has 1 amide bonds. The Kier molecular flexibility index (Phi) is 5.73. The topological polar surface area (TPSA) is 73.0 Å². The number of halogens is 1. The highest BCUT2D eigenvalue weighted by Gasteiger charge is 2.30. The third kappa shape index (κ3) is 4.59. The number of furan rings is 1. The molecule has 1 aromatic carbocycles. The minimum absolute atomic E-state index is 0.0482. The van der Waals surface area contributed by atoms with Gasteiger partial charge in [-0.2, -0.15) is 0 Å². The highest BCUT2D eigenvalue weighted by Crippen LogP contribution is 2.40. The van der Waals surface area contributed by atoms with Crippen LogP contribution in [0.5, 0.6) is 0 Å². The number of nitrogens with zero attached hydrogens (tertiary/aromatic N) is 3. The van der Waals surface area contributed by atoms with Crippen LogP contribution in [0.3, 0.4) is 0 Å². The van der Waals surface area contributed by atoms with E-state index in [1.807, 2.05) is 43.3 Å². The molecule has 1 saturated carbocycles. The van der Waals surface area contributed by atoms with E-state index in [1.54, 1.807) is 6.26 Å². The Bertz CT molecular complexity index is 936. The molecule has 6 nitrogen and oxygen atoms in total. The van der Waals surface area contributed by atoms with Gasteiger partial charge in [-0.25, -0.2) is 0 Å². The Morgan fingerprint density at radius 1 is 1.32 bits per heavy atom. The molecule has 0 spiro atoms. The summed E-state index contributed by atoms with van der Waals surface area (Å²) in [6, 6.07) is 11.2. The zero-order chi connectivity index (χ0) is 19.5. The van der Waals surface area contributed by atoms with Gasteiger partial charge in [-0.05, 0) is 49.6 Å². The summed E-state index contributed by atoms with van der Waals surface area (Å²) in [5.41, 5.74) is 1.01. The minimum atomic E-state index is -0.0895. The fourth-order valence-corrected chi connectivity index (χ4v) is 3.89. The van der Waals surface area contributed by atoms with Gasteiger partial charge in [0, 0.05) is 10.9 Å². The molecule has 4 rings (SSSR count). The molecule has 1 aliphatic rings. The third-order valence-electron chi connectivity index (χ3n) is 4.66. The molecule has 3 aromatic rings. The highest BCUT2D eigenvalue weighted by atomic mass is 35.5. The fourth-order valence-electron chi connectivity index (χ4n) is 3.01. The SMILES string of the molecule is CC(NC(=O)CSc1nnc(C2CC2)n1Cc1ccco1)c1ccc(Cl)cc1. The van der Waals surface area contributed by atoms with Crippen LogP contribution in [0, 0.1) is 0 Å². The fraction of sp³-hybridized carbons (Fsp3) is 0.350. The number of rotatable bonds is 8. The number of amides is 1. The van der Waals surface area contributed by atoms with Gasteiger partial charge in [0.05, 0.1) is 24.6 Å². The van der Waals surface area contributed by atoms with E-state index < -0.39 is 0 Å². The normalized spacial score (nSPS) is 14.8. The van der Waals surface area contributed by atoms with Crippen LogP contribution >= 0.6 is 23.4 Å². The van der Waals surface area contributed by atoms with Crippen LogP contribution in [0.2, 0.25) is 5.02 Å². The second-order valence-corrected chi connectivity index (χ2v) is 8.29. The molecule has 0 bridgehead atoms. The quantitative estimate of drug-likeness (QED) is 0.550. The van der Waals surface area contributed by atoms with E-state index in [0.717, 1.165) is 35.1 Å². The molecule has 1 fully saturated rings. The maximum Gasteiger partial charge on any atom is 0.230 e. The lowest BCUT2D eigenvalue weighted by Gasteiger charge is -2.14. The molecule has 1 unspecified atom stereocenters. The molecule has 2 aromatic heterocycles. The van der Waals surface area contributed by atoms with Crippen molar-refractivity contribution >= 4 is 29.3 Å². The Labute approximate surface area is 172 Å². The number of thioether (sulfide) groups is 1. The molecule has 0 saturated heterocycles. The first kappa shape index (κ1) is 19.1. The number of aromatic nitrogens is 3. The lowest BCUT2D eigenvalue weighted by atomic mass is 10.1. The number of carbonyl (C=O) groups is 1. The third-order valence-corrected chi connectivity index (χ3v) is 5.88. The van der Waals surface area contributed by atoms with Crippen LogP contribution in [0.1, 0.15) is 48.9 Å². The number of nitrogens with one attached hydrogen (secondary N) is 1. The van der Waals surface area contributed by atoms with Gasteiger partial charge in [-0.1, -0.05) is 35.5 Å². The average Bonchev–Trinajstić information content (AvgIpc) is 3.24. The first-order valence-electron chi connectivity index (χ1n) is 9.23. The van der Waals surface area contributed by atoms with Crippen molar-refractivity contribution in [3.05, 3.63) is 64.8 Å². The van der Waals surface area contributed by atoms with Crippen LogP contribution in [-0.2, 0) is 11.3 Å². The van der Waals surface area contributed by atoms with Crippen LogP contribution in [-0.4, -0.2) is 26.4 Å². The zero-order valence-corrected chi connectivity index (χ0v) is 17.0. The van der Waals surface area contributed by atoms with Crippen molar-refractivity contribution in [2.24, 2.45) is 0 Å². The first-order valence-corrected chi connectivity index (χ1v) is 10.6. The summed E-state index contributed by atoms with van der Waals surface area (Å²) in [6.07, 6.45) is 3.94. The molecular formula is C20H21ClN4O2S. The molecule has 8 heteroatoms. The highest BCUT2D eigenvalue weighted by molar-refractivity contribution is 7.99. The Balaban J connectivity index is 1.38. The van der Waals surface area contributed by atoms with Crippen LogP contribution in [0.4, 0.5) is 0 Å². The summed E-state index contributed by atoms with van der Waals surface area (Å²) in [4.78, 5) is 12.4. The summed E-state index contributed by atoms with van der Waals surface area (Å²) in [7, 11) is 0. The molecule has 1 aliphatic carbocycles. The molecule has 146 valence electrons. The zero-order valence-electron chi connectivity index (χ0n) is 15.5. The summed E-state index contributed by atoms with van der Waals surface area (Å²) in [5, 5.41) is 13.1.